The van der Waals surface area contributed by atoms with E-state index in [4.69, 9.17) is 16.3 Å². The summed E-state index contributed by atoms with van der Waals surface area (Å²) in [5.74, 6) is -1.78. The molecule has 0 bridgehead atoms. The van der Waals surface area contributed by atoms with E-state index in [1.807, 2.05) is 37.3 Å². The number of carbonyl (C=O) groups excluding carboxylic acids is 2. The van der Waals surface area contributed by atoms with Crippen LogP contribution in [0.2, 0.25) is 5.02 Å². The topological polar surface area (TPSA) is 100.0 Å². The number of Topliss-reactive ketones (excluding diaryl/α,β-unsaturated/α-hetero) is 1. The lowest BCUT2D eigenvalue weighted by molar-refractivity contribution is -0.117. The zero-order valence-corrected chi connectivity index (χ0v) is 23.0. The second-order valence-electron chi connectivity index (χ2n) is 9.06. The molecule has 2 N–H and O–H groups in total. The number of ketones is 1. The first-order valence-electron chi connectivity index (χ1n) is 12.3. The Bertz CT molecular complexity index is 1630. The first kappa shape index (κ1) is 26.5. The van der Waals surface area contributed by atoms with E-state index >= 15 is 0 Å². The SMILES string of the molecule is CCOc1cc(C2C(C(=O)c3sc(-c4ccccc4)nc3C)=C(O)C(=O)N2c2ccc(C)c(Cl)c2)ccc1O. The number of thiazole rings is 1. The van der Waals surface area contributed by atoms with Gasteiger partial charge in [0.2, 0.25) is 5.78 Å². The Morgan fingerprint density at radius 1 is 1.08 bits per heavy atom. The van der Waals surface area contributed by atoms with Crippen LogP contribution in [-0.4, -0.2) is 33.5 Å². The van der Waals surface area contributed by atoms with Crippen LogP contribution in [0.15, 0.2) is 78.1 Å². The summed E-state index contributed by atoms with van der Waals surface area (Å²) in [7, 11) is 0. The van der Waals surface area contributed by atoms with E-state index in [1.165, 1.54) is 22.3 Å². The summed E-state index contributed by atoms with van der Waals surface area (Å²) in [6.07, 6.45) is 0. The summed E-state index contributed by atoms with van der Waals surface area (Å²) < 4.78 is 5.57. The number of aromatic hydroxyl groups is 1. The van der Waals surface area contributed by atoms with Crippen LogP contribution in [0.1, 0.15) is 39.5 Å². The van der Waals surface area contributed by atoms with Crippen LogP contribution in [-0.2, 0) is 4.79 Å². The molecule has 2 heterocycles. The maximum atomic E-state index is 14.1. The van der Waals surface area contributed by atoms with E-state index in [2.05, 4.69) is 4.98 Å². The molecule has 1 amide bonds. The van der Waals surface area contributed by atoms with Crippen molar-refractivity contribution in [2.24, 2.45) is 0 Å². The average Bonchev–Trinajstić information content (AvgIpc) is 3.44. The Kier molecular flexibility index (Phi) is 7.16. The van der Waals surface area contributed by atoms with Crippen molar-refractivity contribution in [3.8, 4) is 22.1 Å². The Morgan fingerprint density at radius 3 is 2.51 bits per heavy atom. The zero-order valence-electron chi connectivity index (χ0n) is 21.4. The third kappa shape index (κ3) is 4.77. The summed E-state index contributed by atoms with van der Waals surface area (Å²) in [4.78, 5) is 33.9. The Labute approximate surface area is 234 Å². The van der Waals surface area contributed by atoms with Crippen LogP contribution in [0, 0.1) is 13.8 Å². The predicted molar refractivity (Wildman–Crippen MR) is 152 cm³/mol. The highest BCUT2D eigenvalue weighted by Gasteiger charge is 2.45. The number of nitrogens with zero attached hydrogens (tertiary/aromatic N) is 2. The van der Waals surface area contributed by atoms with Gasteiger partial charge < -0.3 is 14.9 Å². The van der Waals surface area contributed by atoms with E-state index in [9.17, 15) is 19.8 Å². The van der Waals surface area contributed by atoms with Crippen molar-refractivity contribution in [3.63, 3.8) is 0 Å². The highest BCUT2D eigenvalue weighted by Crippen LogP contribution is 2.45. The first-order valence-corrected chi connectivity index (χ1v) is 13.5. The number of halogens is 1. The molecule has 7 nitrogen and oxygen atoms in total. The van der Waals surface area contributed by atoms with Gasteiger partial charge in [-0.25, -0.2) is 4.98 Å². The van der Waals surface area contributed by atoms with E-state index in [0.29, 0.717) is 38.5 Å². The monoisotopic (exact) mass is 560 g/mol. The van der Waals surface area contributed by atoms with Crippen molar-refractivity contribution in [1.82, 2.24) is 4.98 Å². The fraction of sp³-hybridized carbons (Fsp3) is 0.167. The molecule has 5 rings (SSSR count). The molecule has 1 aliphatic rings. The van der Waals surface area contributed by atoms with Crippen molar-refractivity contribution >= 4 is 40.3 Å². The highest BCUT2D eigenvalue weighted by molar-refractivity contribution is 7.17. The van der Waals surface area contributed by atoms with Gasteiger partial charge in [-0.05, 0) is 56.2 Å². The van der Waals surface area contributed by atoms with Gasteiger partial charge >= 0.3 is 0 Å². The molecular formula is C30H25ClN2O5S. The van der Waals surface area contributed by atoms with Crippen LogP contribution in [0.4, 0.5) is 5.69 Å². The molecule has 39 heavy (non-hydrogen) atoms. The number of aryl methyl sites for hydroxylation is 2. The van der Waals surface area contributed by atoms with Crippen LogP contribution in [0.25, 0.3) is 10.6 Å². The quantitative estimate of drug-likeness (QED) is 0.237. The molecule has 9 heteroatoms. The standard InChI is InChI=1S/C30H25ClN2O5S/c1-4-38-23-14-19(11-13-22(23)34)25-24(27(36)30(37)33(25)20-12-10-16(2)21(31)15-20)26(35)28-17(3)32-29(39-28)18-8-6-5-7-9-18/h5-15,25,34,36H,4H2,1-3H3. The van der Waals surface area contributed by atoms with Gasteiger partial charge in [-0.1, -0.05) is 54.1 Å². The fourth-order valence-corrected chi connectivity index (χ4v) is 5.76. The number of aliphatic hydroxyl groups excluding tert-OH is 1. The number of carbonyl (C=O) groups is 2. The zero-order chi connectivity index (χ0) is 27.8. The molecule has 4 aromatic rings. The van der Waals surface area contributed by atoms with Gasteiger partial charge in [0.1, 0.15) is 5.01 Å². The number of phenolic OH excluding ortho intramolecular Hbond substituents is 1. The van der Waals surface area contributed by atoms with Gasteiger partial charge in [0.05, 0.1) is 28.8 Å². The molecule has 0 radical (unpaired) electrons. The van der Waals surface area contributed by atoms with Crippen LogP contribution < -0.4 is 9.64 Å². The maximum absolute atomic E-state index is 14.1. The third-order valence-corrected chi connectivity index (χ3v) is 8.12. The summed E-state index contributed by atoms with van der Waals surface area (Å²) >= 11 is 7.59. The molecule has 1 unspecified atom stereocenters. The molecule has 0 saturated heterocycles. The number of ether oxygens (including phenoxy) is 1. The molecule has 0 fully saturated rings. The number of hydrogen-bond acceptors (Lipinski definition) is 7. The minimum absolute atomic E-state index is 0.0817. The summed E-state index contributed by atoms with van der Waals surface area (Å²) in [6.45, 7) is 5.65. The van der Waals surface area contributed by atoms with Crippen molar-refractivity contribution in [1.29, 1.82) is 0 Å². The van der Waals surface area contributed by atoms with Crippen molar-refractivity contribution in [2.75, 3.05) is 11.5 Å². The van der Waals surface area contributed by atoms with Gasteiger partial charge in [-0.15, -0.1) is 11.3 Å². The second-order valence-corrected chi connectivity index (χ2v) is 10.5. The summed E-state index contributed by atoms with van der Waals surface area (Å²) in [5, 5.41) is 22.6. The van der Waals surface area contributed by atoms with E-state index < -0.39 is 23.5 Å². The Balaban J connectivity index is 1.66. The highest BCUT2D eigenvalue weighted by atomic mass is 35.5. The number of benzene rings is 3. The Hall–Kier alpha value is -4.14. The van der Waals surface area contributed by atoms with Gasteiger partial charge in [0.25, 0.3) is 5.91 Å². The summed E-state index contributed by atoms with van der Waals surface area (Å²) in [5.41, 5.74) is 2.96. The number of aromatic nitrogens is 1. The molecule has 1 aromatic heterocycles. The number of rotatable bonds is 7. The largest absolute Gasteiger partial charge is 0.504 e. The minimum atomic E-state index is -1.01. The predicted octanol–water partition coefficient (Wildman–Crippen LogP) is 6.97. The lowest BCUT2D eigenvalue weighted by Gasteiger charge is -2.27. The molecule has 1 atom stereocenters. The van der Waals surface area contributed by atoms with Gasteiger partial charge in [0.15, 0.2) is 17.3 Å². The molecule has 198 valence electrons. The summed E-state index contributed by atoms with van der Waals surface area (Å²) in [6, 6.07) is 18.2. The number of anilines is 1. The average molecular weight is 561 g/mol. The maximum Gasteiger partial charge on any atom is 0.294 e. The van der Waals surface area contributed by atoms with Crippen LogP contribution in [0.3, 0.4) is 0 Å². The molecule has 3 aromatic carbocycles. The number of phenols is 1. The number of aliphatic hydroxyl groups is 1. The first-order chi connectivity index (χ1) is 18.7. The van der Waals surface area contributed by atoms with Crippen LogP contribution in [0.5, 0.6) is 11.5 Å². The van der Waals surface area contributed by atoms with E-state index in [-0.39, 0.29) is 17.1 Å². The lowest BCUT2D eigenvalue weighted by atomic mass is 9.94. The van der Waals surface area contributed by atoms with Gasteiger partial charge in [0, 0.05) is 16.3 Å². The van der Waals surface area contributed by atoms with Crippen molar-refractivity contribution < 1.29 is 24.5 Å². The lowest BCUT2D eigenvalue weighted by Crippen LogP contribution is -2.31. The van der Waals surface area contributed by atoms with Crippen molar-refractivity contribution in [2.45, 2.75) is 26.8 Å². The minimum Gasteiger partial charge on any atom is -0.504 e. The fourth-order valence-electron chi connectivity index (χ4n) is 4.56. The van der Waals surface area contributed by atoms with E-state index in [1.54, 1.807) is 44.2 Å². The molecular weight excluding hydrogens is 536 g/mol. The second kappa shape index (κ2) is 10.6. The van der Waals surface area contributed by atoms with Crippen LogP contribution >= 0.6 is 22.9 Å². The van der Waals surface area contributed by atoms with E-state index in [0.717, 1.165) is 11.1 Å². The molecule has 1 aliphatic heterocycles. The number of amides is 1. The molecule has 0 saturated carbocycles. The third-order valence-electron chi connectivity index (χ3n) is 6.51. The normalized spacial score (nSPS) is 15.2. The van der Waals surface area contributed by atoms with Gasteiger partial charge in [-0.3, -0.25) is 14.5 Å². The smallest absolute Gasteiger partial charge is 0.294 e. The molecule has 0 spiro atoms. The molecule has 0 aliphatic carbocycles. The number of hydrogen-bond donors (Lipinski definition) is 2. The van der Waals surface area contributed by atoms with Crippen molar-refractivity contribution in [3.05, 3.63) is 105 Å². The Morgan fingerprint density at radius 2 is 1.82 bits per heavy atom. The van der Waals surface area contributed by atoms with Gasteiger partial charge in [-0.2, -0.15) is 0 Å².